The van der Waals surface area contributed by atoms with Gasteiger partial charge < -0.3 is 14.7 Å². The molecule has 0 aliphatic heterocycles. The van der Waals surface area contributed by atoms with Crippen LogP contribution in [0.4, 0.5) is 0 Å². The highest BCUT2D eigenvalue weighted by molar-refractivity contribution is 14.1. The van der Waals surface area contributed by atoms with Crippen LogP contribution in [-0.4, -0.2) is 42.1 Å². The Bertz CT molecular complexity index is 554. The van der Waals surface area contributed by atoms with Crippen molar-refractivity contribution >= 4 is 34.5 Å². The third-order valence-corrected chi connectivity index (χ3v) is 3.18. The van der Waals surface area contributed by atoms with E-state index in [1.807, 2.05) is 28.7 Å². The van der Waals surface area contributed by atoms with E-state index in [0.717, 1.165) is 3.57 Å². The maximum Gasteiger partial charge on any atom is 0.339 e. The molecule has 1 N–H and O–H groups in total. The first-order valence-corrected chi connectivity index (χ1v) is 6.80. The second-order valence-electron chi connectivity index (χ2n) is 3.96. The second-order valence-corrected chi connectivity index (χ2v) is 5.20. The number of aromatic carboxylic acids is 1. The minimum atomic E-state index is -1.11. The number of nitrogens with zero attached hydrogens (tertiary/aromatic N) is 2. The Morgan fingerprint density at radius 3 is 2.80 bits per heavy atom. The summed E-state index contributed by atoms with van der Waals surface area (Å²) in [5, 5.41) is 17.5. The molecular weight excluding hydrogens is 375 g/mol. The molecule has 0 aromatic heterocycles. The van der Waals surface area contributed by atoms with Crippen molar-refractivity contribution in [2.24, 2.45) is 0 Å². The number of amides is 1. The molecule has 1 amide bonds. The van der Waals surface area contributed by atoms with E-state index >= 15 is 0 Å². The quantitative estimate of drug-likeness (QED) is 0.750. The maximum absolute atomic E-state index is 11.7. The number of ether oxygens (including phenoxy) is 1. The van der Waals surface area contributed by atoms with Crippen LogP contribution in [0, 0.1) is 14.9 Å². The van der Waals surface area contributed by atoms with Crippen LogP contribution in [0.1, 0.15) is 16.8 Å². The molecule has 7 heteroatoms. The van der Waals surface area contributed by atoms with Crippen molar-refractivity contribution in [1.82, 2.24) is 4.90 Å². The zero-order valence-corrected chi connectivity index (χ0v) is 13.0. The predicted octanol–water partition coefficient (Wildman–Crippen LogP) is 1.74. The lowest BCUT2D eigenvalue weighted by Crippen LogP contribution is -2.32. The van der Waals surface area contributed by atoms with Crippen LogP contribution in [0.15, 0.2) is 18.2 Å². The van der Waals surface area contributed by atoms with Gasteiger partial charge in [-0.05, 0) is 40.8 Å². The van der Waals surface area contributed by atoms with E-state index in [9.17, 15) is 9.59 Å². The third-order valence-electron chi connectivity index (χ3n) is 2.51. The number of benzene rings is 1. The highest BCUT2D eigenvalue weighted by atomic mass is 127. The van der Waals surface area contributed by atoms with Gasteiger partial charge in [0.1, 0.15) is 11.3 Å². The number of rotatable bonds is 6. The van der Waals surface area contributed by atoms with Gasteiger partial charge in [-0.2, -0.15) is 5.26 Å². The van der Waals surface area contributed by atoms with E-state index in [1.54, 1.807) is 13.1 Å². The number of likely N-dealkylation sites (N-methyl/N-ethyl adjacent to an activating group) is 1. The van der Waals surface area contributed by atoms with Gasteiger partial charge in [-0.1, -0.05) is 0 Å². The number of nitriles is 1. The van der Waals surface area contributed by atoms with Crippen LogP contribution >= 0.6 is 22.6 Å². The van der Waals surface area contributed by atoms with Crippen molar-refractivity contribution in [2.45, 2.75) is 6.42 Å². The van der Waals surface area contributed by atoms with Gasteiger partial charge in [0.15, 0.2) is 6.61 Å². The fourth-order valence-electron chi connectivity index (χ4n) is 1.39. The first-order chi connectivity index (χ1) is 9.45. The zero-order chi connectivity index (χ0) is 15.1. The molecule has 0 radical (unpaired) electrons. The van der Waals surface area contributed by atoms with Crippen LogP contribution in [0.25, 0.3) is 0 Å². The summed E-state index contributed by atoms with van der Waals surface area (Å²) < 4.78 is 6.03. The molecule has 1 rings (SSSR count). The first kappa shape index (κ1) is 16.2. The van der Waals surface area contributed by atoms with Crippen molar-refractivity contribution in [1.29, 1.82) is 5.26 Å². The Morgan fingerprint density at radius 1 is 1.50 bits per heavy atom. The predicted molar refractivity (Wildman–Crippen MR) is 79.5 cm³/mol. The highest BCUT2D eigenvalue weighted by Gasteiger charge is 2.14. The Morgan fingerprint density at radius 2 is 2.20 bits per heavy atom. The SMILES string of the molecule is CN(CCC#N)C(=O)COc1ccc(I)cc1C(=O)O. The van der Waals surface area contributed by atoms with Gasteiger partial charge in [-0.3, -0.25) is 4.79 Å². The molecule has 6 nitrogen and oxygen atoms in total. The number of carboxylic acids is 1. The number of hydrogen-bond acceptors (Lipinski definition) is 4. The van der Waals surface area contributed by atoms with Crippen LogP contribution in [-0.2, 0) is 4.79 Å². The van der Waals surface area contributed by atoms with Gasteiger partial charge >= 0.3 is 5.97 Å². The van der Waals surface area contributed by atoms with Gasteiger partial charge in [-0.15, -0.1) is 0 Å². The molecule has 0 saturated carbocycles. The fraction of sp³-hybridized carbons (Fsp3) is 0.308. The normalized spacial score (nSPS) is 9.65. The number of carbonyl (C=O) groups is 2. The summed E-state index contributed by atoms with van der Waals surface area (Å²) in [4.78, 5) is 24.2. The Kier molecular flexibility index (Phi) is 6.24. The summed E-state index contributed by atoms with van der Waals surface area (Å²) in [5.41, 5.74) is 0.0179. The number of hydrogen-bond donors (Lipinski definition) is 1. The Hall–Kier alpha value is -1.82. The molecular formula is C13H13IN2O4. The number of halogens is 1. The van der Waals surface area contributed by atoms with Gasteiger partial charge in [0.25, 0.3) is 5.91 Å². The summed E-state index contributed by atoms with van der Waals surface area (Å²) >= 11 is 2.00. The number of carbonyl (C=O) groups excluding carboxylic acids is 1. The van der Waals surface area contributed by atoms with Crippen molar-refractivity contribution < 1.29 is 19.4 Å². The number of carboxylic acid groups (broad SMARTS) is 1. The van der Waals surface area contributed by atoms with Crippen LogP contribution < -0.4 is 4.74 Å². The van der Waals surface area contributed by atoms with E-state index in [1.165, 1.54) is 17.0 Å². The first-order valence-electron chi connectivity index (χ1n) is 5.72. The van der Waals surface area contributed by atoms with Crippen LogP contribution in [0.3, 0.4) is 0 Å². The fourth-order valence-corrected chi connectivity index (χ4v) is 1.88. The largest absolute Gasteiger partial charge is 0.483 e. The molecule has 0 atom stereocenters. The van der Waals surface area contributed by atoms with E-state index in [2.05, 4.69) is 0 Å². The Balaban J connectivity index is 2.68. The van der Waals surface area contributed by atoms with E-state index in [4.69, 9.17) is 15.1 Å². The standard InChI is InChI=1S/C13H13IN2O4/c1-16(6-2-5-15)12(17)8-20-11-4-3-9(14)7-10(11)13(18)19/h3-4,7H,2,6,8H2,1H3,(H,18,19). The van der Waals surface area contributed by atoms with Gasteiger partial charge in [0.05, 0.1) is 12.5 Å². The maximum atomic E-state index is 11.7. The molecule has 0 aliphatic carbocycles. The van der Waals surface area contributed by atoms with E-state index in [-0.39, 0.29) is 30.2 Å². The molecule has 0 fully saturated rings. The molecule has 20 heavy (non-hydrogen) atoms. The van der Waals surface area contributed by atoms with Crippen molar-refractivity contribution in [3.63, 3.8) is 0 Å². The van der Waals surface area contributed by atoms with Gasteiger partial charge in [-0.25, -0.2) is 4.79 Å². The van der Waals surface area contributed by atoms with Gasteiger partial charge in [0, 0.05) is 17.2 Å². The van der Waals surface area contributed by atoms with Crippen LogP contribution in [0.5, 0.6) is 5.75 Å². The summed E-state index contributed by atoms with van der Waals surface area (Å²) in [6.45, 7) is 0.0555. The van der Waals surface area contributed by atoms with Crippen LogP contribution in [0.2, 0.25) is 0 Å². The molecule has 106 valence electrons. The molecule has 0 aliphatic rings. The van der Waals surface area contributed by atoms with Crippen molar-refractivity contribution in [2.75, 3.05) is 20.2 Å². The molecule has 0 saturated heterocycles. The lowest BCUT2D eigenvalue weighted by molar-refractivity contribution is -0.132. The smallest absolute Gasteiger partial charge is 0.339 e. The third kappa shape index (κ3) is 4.70. The monoisotopic (exact) mass is 388 g/mol. The summed E-state index contributed by atoms with van der Waals surface area (Å²) in [7, 11) is 1.56. The average Bonchev–Trinajstić information content (AvgIpc) is 2.42. The summed E-state index contributed by atoms with van der Waals surface area (Å²) in [6.07, 6.45) is 0.242. The van der Waals surface area contributed by atoms with E-state index < -0.39 is 5.97 Å². The molecule has 0 unspecified atom stereocenters. The van der Waals surface area contributed by atoms with Crippen molar-refractivity contribution in [3.8, 4) is 11.8 Å². The minimum Gasteiger partial charge on any atom is -0.483 e. The zero-order valence-electron chi connectivity index (χ0n) is 10.8. The highest BCUT2D eigenvalue weighted by Crippen LogP contribution is 2.21. The lowest BCUT2D eigenvalue weighted by Gasteiger charge is -2.16. The average molecular weight is 388 g/mol. The topological polar surface area (TPSA) is 90.6 Å². The molecule has 1 aromatic carbocycles. The van der Waals surface area contributed by atoms with Crippen molar-refractivity contribution in [3.05, 3.63) is 27.3 Å². The minimum absolute atomic E-state index is 0.0179. The van der Waals surface area contributed by atoms with E-state index in [0.29, 0.717) is 6.54 Å². The molecule has 0 bridgehead atoms. The summed E-state index contributed by atoms with van der Waals surface area (Å²) in [5.74, 6) is -1.26. The molecule has 0 heterocycles. The molecule has 1 aromatic rings. The summed E-state index contributed by atoms with van der Waals surface area (Å²) in [6, 6.07) is 6.64. The second kappa shape index (κ2) is 7.69. The molecule has 0 spiro atoms. The Labute approximate surface area is 130 Å². The lowest BCUT2D eigenvalue weighted by atomic mass is 10.2. The van der Waals surface area contributed by atoms with Gasteiger partial charge in [0.2, 0.25) is 0 Å².